The van der Waals surface area contributed by atoms with Gasteiger partial charge in [0.1, 0.15) is 11.6 Å². The molecule has 2 atom stereocenters. The van der Waals surface area contributed by atoms with Crippen molar-refractivity contribution in [2.45, 2.75) is 18.1 Å². The van der Waals surface area contributed by atoms with Crippen LogP contribution in [0.25, 0.3) is 0 Å². The molecule has 1 N–H and O–H groups in total. The van der Waals surface area contributed by atoms with Crippen LogP contribution < -0.4 is 0 Å². The van der Waals surface area contributed by atoms with Gasteiger partial charge in [-0.3, -0.25) is 9.69 Å². The Morgan fingerprint density at radius 3 is 2.59 bits per heavy atom. The van der Waals surface area contributed by atoms with Crippen LogP contribution in [0.15, 0.2) is 59.1 Å². The minimum atomic E-state index is -1.65. The minimum Gasteiger partial charge on any atom is -0.366 e. The van der Waals surface area contributed by atoms with Gasteiger partial charge in [0.2, 0.25) is 5.91 Å². The topological polar surface area (TPSA) is 64.3 Å². The van der Waals surface area contributed by atoms with Crippen LogP contribution in [0, 0.1) is 23.0 Å². The van der Waals surface area contributed by atoms with Gasteiger partial charge in [0.15, 0.2) is 5.72 Å². The molecule has 27 heavy (non-hydrogen) atoms. The van der Waals surface area contributed by atoms with Gasteiger partial charge in [-0.05, 0) is 29.8 Å². The number of allylic oxidation sites excluding steroid dienone is 1. The van der Waals surface area contributed by atoms with E-state index in [4.69, 9.17) is 0 Å². The summed E-state index contributed by atoms with van der Waals surface area (Å²) < 4.78 is 26.9. The zero-order valence-electron chi connectivity index (χ0n) is 14.0. The van der Waals surface area contributed by atoms with Gasteiger partial charge in [-0.1, -0.05) is 24.3 Å². The molecule has 4 rings (SSSR count). The number of thioether (sulfide) groups is 1. The molecule has 4 nitrogen and oxygen atoms in total. The third-order valence-electron chi connectivity index (χ3n) is 4.87. The molecule has 7 heteroatoms. The summed E-state index contributed by atoms with van der Waals surface area (Å²) in [6.45, 7) is 0. The maximum absolute atomic E-state index is 13.6. The molecule has 0 radical (unpaired) electrons. The highest BCUT2D eigenvalue weighted by molar-refractivity contribution is 8.03. The maximum Gasteiger partial charge on any atom is 0.231 e. The molecule has 0 aliphatic carbocycles. The first-order valence-electron chi connectivity index (χ1n) is 8.28. The first-order valence-corrected chi connectivity index (χ1v) is 9.26. The van der Waals surface area contributed by atoms with E-state index in [1.165, 1.54) is 59.1 Å². The number of halogens is 2. The lowest BCUT2D eigenvalue weighted by Crippen LogP contribution is -2.48. The van der Waals surface area contributed by atoms with E-state index in [1.54, 1.807) is 6.07 Å². The highest BCUT2D eigenvalue weighted by Crippen LogP contribution is 2.51. The lowest BCUT2D eigenvalue weighted by atomic mass is 9.85. The lowest BCUT2D eigenvalue weighted by molar-refractivity contribution is -0.149. The molecule has 2 aliphatic heterocycles. The second-order valence-electron chi connectivity index (χ2n) is 6.48. The largest absolute Gasteiger partial charge is 0.366 e. The number of rotatable bonds is 2. The molecule has 1 amide bonds. The van der Waals surface area contributed by atoms with E-state index in [0.29, 0.717) is 21.7 Å². The predicted octanol–water partition coefficient (Wildman–Crippen LogP) is 3.61. The second kappa shape index (κ2) is 6.48. The number of nitriles is 1. The number of aliphatic hydroxyl groups is 1. The summed E-state index contributed by atoms with van der Waals surface area (Å²) in [7, 11) is 0. The van der Waals surface area contributed by atoms with Crippen molar-refractivity contribution < 1.29 is 18.7 Å². The molecule has 0 aromatic heterocycles. The average molecular weight is 384 g/mol. The third-order valence-corrected chi connectivity index (χ3v) is 6.09. The Morgan fingerprint density at radius 1 is 1.19 bits per heavy atom. The van der Waals surface area contributed by atoms with Crippen molar-refractivity contribution in [3.8, 4) is 6.07 Å². The SMILES string of the molecule is N#CC1=C2SC[C@@](O)(c3ccc(F)cc3)N2C(=O)C[C@@H]1c1cccc(F)c1. The molecule has 0 unspecified atom stereocenters. The van der Waals surface area contributed by atoms with E-state index in [0.717, 1.165) is 0 Å². The first kappa shape index (κ1) is 17.7. The predicted molar refractivity (Wildman–Crippen MR) is 96.0 cm³/mol. The Kier molecular flexibility index (Phi) is 4.25. The summed E-state index contributed by atoms with van der Waals surface area (Å²) in [5.41, 5.74) is -0.408. The van der Waals surface area contributed by atoms with Crippen molar-refractivity contribution in [3.63, 3.8) is 0 Å². The average Bonchev–Trinajstić information content (AvgIpc) is 3.01. The number of hydrogen-bond acceptors (Lipinski definition) is 4. The van der Waals surface area contributed by atoms with E-state index in [1.807, 2.05) is 0 Å². The molecular weight excluding hydrogens is 370 g/mol. The Bertz CT molecular complexity index is 1000. The van der Waals surface area contributed by atoms with Crippen LogP contribution in [-0.2, 0) is 10.5 Å². The monoisotopic (exact) mass is 384 g/mol. The van der Waals surface area contributed by atoms with Crippen LogP contribution in [-0.4, -0.2) is 21.7 Å². The molecule has 0 bridgehead atoms. The Balaban J connectivity index is 1.81. The van der Waals surface area contributed by atoms with E-state index in [-0.39, 0.29) is 18.1 Å². The first-order chi connectivity index (χ1) is 12.9. The van der Waals surface area contributed by atoms with E-state index in [9.17, 15) is 23.9 Å². The van der Waals surface area contributed by atoms with Gasteiger partial charge in [-0.15, -0.1) is 11.8 Å². The Morgan fingerprint density at radius 2 is 1.93 bits per heavy atom. The summed E-state index contributed by atoms with van der Waals surface area (Å²) in [6.07, 6.45) is -0.0556. The standard InChI is InChI=1S/C20H14F2N2O2S/c21-14-6-4-13(5-7-14)20(26)11-27-19-17(10-23)16(9-18(25)24(19)20)12-2-1-3-15(22)8-12/h1-8,16,26H,9,11H2/t16-,20-/m1/s1. The molecular formula is C20H14F2N2O2S. The van der Waals surface area contributed by atoms with Crippen molar-refractivity contribution in [3.05, 3.63) is 81.9 Å². The number of hydrogen-bond donors (Lipinski definition) is 1. The smallest absolute Gasteiger partial charge is 0.231 e. The molecule has 0 spiro atoms. The fourth-order valence-corrected chi connectivity index (χ4v) is 4.92. The molecule has 1 saturated heterocycles. The van der Waals surface area contributed by atoms with E-state index < -0.39 is 23.3 Å². The zero-order valence-corrected chi connectivity index (χ0v) is 14.8. The Hall–Kier alpha value is -2.69. The van der Waals surface area contributed by atoms with Crippen molar-refractivity contribution >= 4 is 17.7 Å². The highest BCUT2D eigenvalue weighted by atomic mass is 32.2. The van der Waals surface area contributed by atoms with Crippen LogP contribution >= 0.6 is 11.8 Å². The summed E-state index contributed by atoms with van der Waals surface area (Å²) in [5, 5.41) is 21.3. The highest BCUT2D eigenvalue weighted by Gasteiger charge is 2.51. The zero-order chi connectivity index (χ0) is 19.2. The fraction of sp³-hybridized carbons (Fsp3) is 0.200. The van der Waals surface area contributed by atoms with E-state index in [2.05, 4.69) is 6.07 Å². The number of carbonyl (C=O) groups is 1. The molecule has 2 aliphatic rings. The third kappa shape index (κ3) is 2.82. The van der Waals surface area contributed by atoms with Gasteiger partial charge >= 0.3 is 0 Å². The number of nitrogens with zero attached hydrogens (tertiary/aromatic N) is 2. The summed E-state index contributed by atoms with van der Waals surface area (Å²) in [4.78, 5) is 14.1. The van der Waals surface area contributed by atoms with Gasteiger partial charge in [0.05, 0.1) is 22.4 Å². The van der Waals surface area contributed by atoms with Gasteiger partial charge in [-0.2, -0.15) is 5.26 Å². The van der Waals surface area contributed by atoms with Crippen molar-refractivity contribution in [1.29, 1.82) is 5.26 Å². The number of amides is 1. The molecule has 0 saturated carbocycles. The van der Waals surface area contributed by atoms with Crippen molar-refractivity contribution in [2.24, 2.45) is 0 Å². The molecule has 2 heterocycles. The summed E-state index contributed by atoms with van der Waals surface area (Å²) >= 11 is 1.20. The van der Waals surface area contributed by atoms with Crippen molar-refractivity contribution in [1.82, 2.24) is 4.90 Å². The minimum absolute atomic E-state index is 0.0556. The van der Waals surface area contributed by atoms with Crippen molar-refractivity contribution in [2.75, 3.05) is 5.75 Å². The number of carbonyl (C=O) groups excluding carboxylic acids is 1. The van der Waals surface area contributed by atoms with Crippen LogP contribution in [0.1, 0.15) is 23.5 Å². The van der Waals surface area contributed by atoms with Gasteiger partial charge < -0.3 is 5.11 Å². The molecule has 2 aromatic carbocycles. The van der Waals surface area contributed by atoms with E-state index >= 15 is 0 Å². The Labute approximate surface area is 158 Å². The molecule has 136 valence electrons. The normalized spacial score (nSPS) is 24.7. The number of fused-ring (bicyclic) bond motifs is 1. The van der Waals surface area contributed by atoms with Crippen LogP contribution in [0.4, 0.5) is 8.78 Å². The summed E-state index contributed by atoms with van der Waals surface area (Å²) in [6, 6.07) is 13.3. The van der Waals surface area contributed by atoms with Crippen LogP contribution in [0.2, 0.25) is 0 Å². The van der Waals surface area contributed by atoms with Crippen LogP contribution in [0.3, 0.4) is 0 Å². The molecule has 1 fully saturated rings. The maximum atomic E-state index is 13.6. The summed E-state index contributed by atoms with van der Waals surface area (Å²) in [5.74, 6) is -1.69. The lowest BCUT2D eigenvalue weighted by Gasteiger charge is -2.38. The number of benzene rings is 2. The van der Waals surface area contributed by atoms with Gasteiger partial charge in [0, 0.05) is 17.9 Å². The second-order valence-corrected chi connectivity index (χ2v) is 7.45. The van der Waals surface area contributed by atoms with Crippen LogP contribution in [0.5, 0.6) is 0 Å². The molecule has 2 aromatic rings. The quantitative estimate of drug-likeness (QED) is 0.859. The van der Waals surface area contributed by atoms with Gasteiger partial charge in [-0.25, -0.2) is 8.78 Å². The fourth-order valence-electron chi connectivity index (χ4n) is 3.56. The van der Waals surface area contributed by atoms with Gasteiger partial charge in [0.25, 0.3) is 0 Å².